The first-order valence-corrected chi connectivity index (χ1v) is 6.50. The molecule has 11 heteroatoms. The third kappa shape index (κ3) is 2.06. The van der Waals surface area contributed by atoms with E-state index in [1.165, 1.54) is 17.2 Å². The van der Waals surface area contributed by atoms with E-state index < -0.39 is 30.6 Å². The van der Waals surface area contributed by atoms with Gasteiger partial charge in [-0.25, -0.2) is 15.0 Å². The van der Waals surface area contributed by atoms with Crippen molar-refractivity contribution in [1.29, 1.82) is 0 Å². The van der Waals surface area contributed by atoms with Gasteiger partial charge in [0.1, 0.15) is 17.9 Å². The zero-order valence-electron chi connectivity index (χ0n) is 11.7. The topological polar surface area (TPSA) is 168 Å². The van der Waals surface area contributed by atoms with E-state index in [9.17, 15) is 10.2 Å². The number of rotatable bonds is 3. The largest absolute Gasteiger partial charge is 0.393 e. The molecule has 2 aromatic rings. The minimum atomic E-state index is -1.88. The number of nitrogens with zero attached hydrogens (tertiary/aromatic N) is 7. The number of aliphatic hydroxyl groups is 2. The fraction of sp³-hybridized carbons (Fsp3) is 0.417. The Morgan fingerprint density at radius 2 is 2.35 bits per heavy atom. The number of hydrogen-bond acceptors (Lipinski definition) is 8. The minimum absolute atomic E-state index is 0.174. The average Bonchev–Trinajstić information content (AvgIpc) is 3.09. The van der Waals surface area contributed by atoms with Gasteiger partial charge in [-0.05, 0) is 5.53 Å². The molecule has 1 saturated heterocycles. The Labute approximate surface area is 129 Å². The summed E-state index contributed by atoms with van der Waals surface area (Å²) in [7, 11) is 0. The maximum atomic E-state index is 10.3. The molecule has 1 aliphatic rings. The first-order chi connectivity index (χ1) is 11.1. The number of fused-ring (bicyclic) bond motifs is 1. The number of ether oxygens (including phenoxy) is 1. The average molecular weight is 316 g/mol. The van der Waals surface area contributed by atoms with Gasteiger partial charge in [0.05, 0.1) is 18.9 Å². The summed E-state index contributed by atoms with van der Waals surface area (Å²) in [6, 6.07) is 0. The normalized spacial score (nSPS) is 30.0. The van der Waals surface area contributed by atoms with Crippen LogP contribution in [0.3, 0.4) is 0 Å². The molecular weight excluding hydrogens is 304 g/mol. The van der Waals surface area contributed by atoms with Gasteiger partial charge in [0.25, 0.3) is 0 Å². The van der Waals surface area contributed by atoms with Crippen molar-refractivity contribution in [2.45, 2.75) is 18.1 Å². The Morgan fingerprint density at radius 1 is 1.57 bits per heavy atom. The van der Waals surface area contributed by atoms with Gasteiger partial charge >= 0.3 is 0 Å². The van der Waals surface area contributed by atoms with Gasteiger partial charge in [-0.15, -0.1) is 6.42 Å². The van der Waals surface area contributed by atoms with Crippen molar-refractivity contribution < 1.29 is 14.9 Å². The van der Waals surface area contributed by atoms with Crippen molar-refractivity contribution in [3.8, 4) is 12.3 Å². The third-order valence-electron chi connectivity index (χ3n) is 3.73. The van der Waals surface area contributed by atoms with E-state index in [4.69, 9.17) is 22.4 Å². The Hall–Kier alpha value is -2.90. The first-order valence-electron chi connectivity index (χ1n) is 6.50. The maximum absolute atomic E-state index is 10.3. The van der Waals surface area contributed by atoms with Crippen molar-refractivity contribution in [2.24, 2.45) is 11.0 Å². The molecule has 0 saturated carbocycles. The highest BCUT2D eigenvalue weighted by atomic mass is 16.6. The molecule has 1 fully saturated rings. The van der Waals surface area contributed by atoms with Gasteiger partial charge in [-0.2, -0.15) is 0 Å². The first kappa shape index (κ1) is 15.0. The highest BCUT2D eigenvalue weighted by Gasteiger charge is 2.54. The summed E-state index contributed by atoms with van der Waals surface area (Å²) in [5.74, 6) is 1.66. The molecule has 0 bridgehead atoms. The van der Waals surface area contributed by atoms with E-state index in [1.54, 1.807) is 0 Å². The lowest BCUT2D eigenvalue weighted by Gasteiger charge is -2.23. The summed E-state index contributed by atoms with van der Waals surface area (Å²) < 4.78 is 7.06. The highest BCUT2D eigenvalue weighted by molar-refractivity contribution is 5.81. The van der Waals surface area contributed by atoms with Crippen LogP contribution in [0.4, 0.5) is 5.82 Å². The molecule has 0 radical (unpaired) electrons. The van der Waals surface area contributed by atoms with Crippen LogP contribution in [0.25, 0.3) is 21.6 Å². The van der Waals surface area contributed by atoms with E-state index in [2.05, 4.69) is 30.9 Å². The lowest BCUT2D eigenvalue weighted by atomic mass is 9.97. The standard InChI is InChI=1S/C12H12N8O3/c1-2-6-8(22)12(3-21,18-19-14)23-11(6)20-5-17-7-9(13)15-4-16-10(7)20/h1,4-6,8,11,21-22H,3H2,(H2,13,15,16)/t6-,8-,11+,12+/m0/s1. The summed E-state index contributed by atoms with van der Waals surface area (Å²) in [6.07, 6.45) is 5.73. The fourth-order valence-corrected chi connectivity index (χ4v) is 2.57. The Balaban J connectivity index is 2.13. The maximum Gasteiger partial charge on any atom is 0.199 e. The molecular formula is C12H12N8O3. The van der Waals surface area contributed by atoms with Crippen molar-refractivity contribution in [2.75, 3.05) is 12.3 Å². The zero-order chi connectivity index (χ0) is 16.6. The third-order valence-corrected chi connectivity index (χ3v) is 3.73. The van der Waals surface area contributed by atoms with Crippen LogP contribution in [0.2, 0.25) is 0 Å². The molecule has 3 rings (SSSR count). The number of aliphatic hydroxyl groups excluding tert-OH is 2. The number of azide groups is 1. The van der Waals surface area contributed by atoms with Crippen LogP contribution >= 0.6 is 0 Å². The summed E-state index contributed by atoms with van der Waals surface area (Å²) in [5.41, 5.74) is 13.2. The number of terminal acetylenes is 1. The predicted molar refractivity (Wildman–Crippen MR) is 77.2 cm³/mol. The quantitative estimate of drug-likeness (QED) is 0.298. The molecule has 0 aliphatic carbocycles. The molecule has 3 heterocycles. The van der Waals surface area contributed by atoms with Gasteiger partial charge in [0.15, 0.2) is 23.4 Å². The van der Waals surface area contributed by atoms with Crippen LogP contribution in [0.1, 0.15) is 6.23 Å². The number of anilines is 1. The molecule has 0 amide bonds. The highest BCUT2D eigenvalue weighted by Crippen LogP contribution is 2.43. The lowest BCUT2D eigenvalue weighted by molar-refractivity contribution is -0.122. The van der Waals surface area contributed by atoms with Crippen molar-refractivity contribution in [3.05, 3.63) is 23.1 Å². The molecule has 0 spiro atoms. The second-order valence-electron chi connectivity index (χ2n) is 4.92. The van der Waals surface area contributed by atoms with E-state index in [0.29, 0.717) is 11.2 Å². The second-order valence-corrected chi connectivity index (χ2v) is 4.92. The van der Waals surface area contributed by atoms with E-state index >= 15 is 0 Å². The van der Waals surface area contributed by atoms with Gasteiger partial charge in [-0.1, -0.05) is 11.0 Å². The molecule has 4 N–H and O–H groups in total. The Bertz CT molecular complexity index is 838. The SMILES string of the molecule is C#C[C@@H]1[C@H](n2cnc3c(N)ncnc32)O[C@@](CO)(N=[N+]=[N-])[C@H]1O. The van der Waals surface area contributed by atoms with E-state index in [0.717, 1.165) is 0 Å². The molecule has 0 aromatic carbocycles. The number of nitrogens with two attached hydrogens (primary N) is 1. The number of hydrogen-bond donors (Lipinski definition) is 3. The Morgan fingerprint density at radius 3 is 3.00 bits per heavy atom. The smallest absolute Gasteiger partial charge is 0.199 e. The lowest BCUT2D eigenvalue weighted by Crippen LogP contribution is -2.42. The summed E-state index contributed by atoms with van der Waals surface area (Å²) >= 11 is 0. The van der Waals surface area contributed by atoms with Crippen LogP contribution < -0.4 is 5.73 Å². The van der Waals surface area contributed by atoms with Gasteiger partial charge in [0, 0.05) is 4.91 Å². The molecule has 2 aromatic heterocycles. The Kier molecular flexibility index (Phi) is 3.51. The monoisotopic (exact) mass is 316 g/mol. The van der Waals surface area contributed by atoms with Crippen LogP contribution in [-0.2, 0) is 4.74 Å². The van der Waals surface area contributed by atoms with Crippen LogP contribution in [-0.4, -0.2) is 48.2 Å². The molecule has 0 unspecified atom stereocenters. The van der Waals surface area contributed by atoms with Gasteiger partial charge in [-0.3, -0.25) is 4.57 Å². The summed E-state index contributed by atoms with van der Waals surface area (Å²) in [4.78, 5) is 14.6. The molecule has 118 valence electrons. The van der Waals surface area contributed by atoms with E-state index in [1.807, 2.05) is 0 Å². The molecule has 4 atom stereocenters. The summed E-state index contributed by atoms with van der Waals surface area (Å²) in [6.45, 7) is -0.739. The van der Waals surface area contributed by atoms with Crippen molar-refractivity contribution >= 4 is 17.0 Å². The van der Waals surface area contributed by atoms with Gasteiger partial charge in [0.2, 0.25) is 0 Å². The fourth-order valence-electron chi connectivity index (χ4n) is 2.57. The number of aromatic nitrogens is 4. The second kappa shape index (κ2) is 5.38. The summed E-state index contributed by atoms with van der Waals surface area (Å²) in [5, 5.41) is 23.2. The van der Waals surface area contributed by atoms with Gasteiger partial charge < -0.3 is 20.7 Å². The predicted octanol–water partition coefficient (Wildman–Crippen LogP) is -0.454. The number of nitrogen functional groups attached to an aromatic ring is 1. The molecule has 11 nitrogen and oxygen atoms in total. The molecule has 23 heavy (non-hydrogen) atoms. The van der Waals surface area contributed by atoms with Crippen LogP contribution in [0.15, 0.2) is 17.8 Å². The van der Waals surface area contributed by atoms with Crippen LogP contribution in [0, 0.1) is 18.3 Å². The van der Waals surface area contributed by atoms with Crippen molar-refractivity contribution in [1.82, 2.24) is 19.5 Å². The van der Waals surface area contributed by atoms with Crippen LogP contribution in [0.5, 0.6) is 0 Å². The van der Waals surface area contributed by atoms with Crippen molar-refractivity contribution in [3.63, 3.8) is 0 Å². The number of imidazole rings is 1. The van der Waals surface area contributed by atoms with E-state index in [-0.39, 0.29) is 5.82 Å². The molecule has 1 aliphatic heterocycles. The minimum Gasteiger partial charge on any atom is -0.393 e. The zero-order valence-corrected chi connectivity index (χ0v) is 11.7.